The number of para-hydroxylation sites is 2. The minimum absolute atomic E-state index is 0.0111. The maximum absolute atomic E-state index is 14.1. The first-order valence-corrected chi connectivity index (χ1v) is 12.3. The van der Waals surface area contributed by atoms with Gasteiger partial charge < -0.3 is 15.2 Å². The first kappa shape index (κ1) is 25.7. The smallest absolute Gasteiger partial charge is 0.251 e. The number of halogens is 2. The summed E-state index contributed by atoms with van der Waals surface area (Å²) in [4.78, 5) is 34.5. The van der Waals surface area contributed by atoms with Gasteiger partial charge in [0.25, 0.3) is 5.91 Å². The largest absolute Gasteiger partial charge is 0.355 e. The van der Waals surface area contributed by atoms with Crippen LogP contribution in [0, 0.1) is 11.6 Å². The van der Waals surface area contributed by atoms with Crippen molar-refractivity contribution in [3.63, 3.8) is 0 Å². The highest BCUT2D eigenvalue weighted by molar-refractivity contribution is 5.95. The van der Waals surface area contributed by atoms with Gasteiger partial charge in [0, 0.05) is 30.4 Å². The Morgan fingerprint density at radius 1 is 0.923 bits per heavy atom. The van der Waals surface area contributed by atoms with Crippen molar-refractivity contribution in [1.29, 1.82) is 0 Å². The van der Waals surface area contributed by atoms with Crippen LogP contribution >= 0.6 is 0 Å². The van der Waals surface area contributed by atoms with Gasteiger partial charge in [-0.1, -0.05) is 30.3 Å². The zero-order valence-electron chi connectivity index (χ0n) is 21.1. The molecular weight excluding hydrogens is 500 g/mol. The molecule has 0 bridgehead atoms. The van der Waals surface area contributed by atoms with Gasteiger partial charge in [0.05, 0.1) is 29.1 Å². The summed E-state index contributed by atoms with van der Waals surface area (Å²) >= 11 is 0. The summed E-state index contributed by atoms with van der Waals surface area (Å²) < 4.78 is 29.8. The van der Waals surface area contributed by atoms with Crippen LogP contribution in [0.15, 0.2) is 91.4 Å². The van der Waals surface area contributed by atoms with Gasteiger partial charge >= 0.3 is 0 Å². The molecule has 0 saturated carbocycles. The van der Waals surface area contributed by atoms with Crippen molar-refractivity contribution in [3.8, 4) is 11.1 Å². The van der Waals surface area contributed by atoms with E-state index in [1.807, 2.05) is 36.4 Å². The van der Waals surface area contributed by atoms with Crippen molar-refractivity contribution >= 4 is 22.8 Å². The predicted octanol–water partition coefficient (Wildman–Crippen LogP) is 4.84. The van der Waals surface area contributed by atoms with E-state index in [1.165, 1.54) is 12.1 Å². The minimum atomic E-state index is -0.728. The number of hydrogen-bond donors (Lipinski definition) is 2. The topological polar surface area (TPSA) is 88.9 Å². The zero-order chi connectivity index (χ0) is 27.4. The van der Waals surface area contributed by atoms with Gasteiger partial charge in [-0.05, 0) is 60.0 Å². The van der Waals surface area contributed by atoms with E-state index in [0.717, 1.165) is 17.1 Å². The Morgan fingerprint density at radius 2 is 1.72 bits per heavy atom. The maximum atomic E-state index is 14.1. The average Bonchev–Trinajstić information content (AvgIpc) is 3.34. The highest BCUT2D eigenvalue weighted by Gasteiger charge is 2.22. The van der Waals surface area contributed by atoms with Crippen LogP contribution in [0.2, 0.25) is 0 Å². The minimum Gasteiger partial charge on any atom is -0.355 e. The number of fused-ring (bicyclic) bond motifs is 1. The van der Waals surface area contributed by atoms with Crippen LogP contribution in [-0.4, -0.2) is 33.4 Å². The molecule has 2 heterocycles. The second kappa shape index (κ2) is 11.2. The Hall–Kier alpha value is -4.92. The second-order valence-electron chi connectivity index (χ2n) is 9.06. The van der Waals surface area contributed by atoms with Gasteiger partial charge in [-0.25, -0.2) is 13.8 Å². The van der Waals surface area contributed by atoms with E-state index in [0.29, 0.717) is 27.9 Å². The fourth-order valence-electron chi connectivity index (χ4n) is 4.62. The number of aromatic nitrogens is 3. The number of nitrogens with one attached hydrogen (secondary N) is 2. The van der Waals surface area contributed by atoms with Crippen molar-refractivity contribution in [3.05, 3.63) is 120 Å². The second-order valence-corrected chi connectivity index (χ2v) is 9.06. The average molecular weight is 526 g/mol. The molecule has 3 aromatic carbocycles. The summed E-state index contributed by atoms with van der Waals surface area (Å²) in [7, 11) is 1.55. The first-order valence-electron chi connectivity index (χ1n) is 12.3. The van der Waals surface area contributed by atoms with Crippen LogP contribution in [0.25, 0.3) is 22.2 Å². The summed E-state index contributed by atoms with van der Waals surface area (Å²) in [6.45, 7) is -0.0111. The molecule has 1 atom stereocenters. The summed E-state index contributed by atoms with van der Waals surface area (Å²) in [5, 5.41) is 5.62. The van der Waals surface area contributed by atoms with E-state index in [4.69, 9.17) is 0 Å². The van der Waals surface area contributed by atoms with Crippen molar-refractivity contribution in [2.75, 3.05) is 7.05 Å². The Kier molecular flexibility index (Phi) is 7.40. The van der Waals surface area contributed by atoms with E-state index in [1.54, 1.807) is 48.4 Å². The summed E-state index contributed by atoms with van der Waals surface area (Å²) in [6.07, 6.45) is 3.28. The third-order valence-electron chi connectivity index (χ3n) is 6.37. The predicted molar refractivity (Wildman–Crippen MR) is 144 cm³/mol. The molecule has 0 fully saturated rings. The molecular formula is C30H25F2N5O2. The van der Waals surface area contributed by atoms with Crippen molar-refractivity contribution in [2.24, 2.45) is 0 Å². The van der Waals surface area contributed by atoms with Crippen LogP contribution in [0.4, 0.5) is 8.78 Å². The van der Waals surface area contributed by atoms with Crippen molar-refractivity contribution in [1.82, 2.24) is 25.2 Å². The van der Waals surface area contributed by atoms with E-state index in [-0.39, 0.29) is 24.8 Å². The molecule has 2 aromatic heterocycles. The van der Waals surface area contributed by atoms with E-state index in [2.05, 4.69) is 20.6 Å². The van der Waals surface area contributed by atoms with Crippen molar-refractivity contribution < 1.29 is 18.4 Å². The number of amides is 2. The number of rotatable bonds is 8. The van der Waals surface area contributed by atoms with Crippen LogP contribution < -0.4 is 10.6 Å². The number of benzene rings is 3. The number of imidazole rings is 1. The van der Waals surface area contributed by atoms with Crippen molar-refractivity contribution in [2.45, 2.75) is 19.0 Å². The molecule has 39 heavy (non-hydrogen) atoms. The molecule has 196 valence electrons. The summed E-state index contributed by atoms with van der Waals surface area (Å²) in [6, 6.07) is 20.6. The van der Waals surface area contributed by atoms with Gasteiger partial charge in [-0.15, -0.1) is 0 Å². The number of carbonyl (C=O) groups excluding carboxylic acids is 2. The molecule has 0 aliphatic heterocycles. The molecule has 0 aliphatic rings. The molecule has 5 rings (SSSR count). The van der Waals surface area contributed by atoms with Gasteiger partial charge in [0.1, 0.15) is 18.2 Å². The number of pyridine rings is 1. The lowest BCUT2D eigenvalue weighted by Crippen LogP contribution is -2.33. The lowest BCUT2D eigenvalue weighted by molar-refractivity contribution is -0.122. The third-order valence-corrected chi connectivity index (χ3v) is 6.37. The molecule has 9 heteroatoms. The van der Waals surface area contributed by atoms with Crippen LogP contribution in [0.5, 0.6) is 0 Å². The molecule has 2 amide bonds. The Bertz CT molecular complexity index is 1650. The zero-order valence-corrected chi connectivity index (χ0v) is 21.1. The molecule has 7 nitrogen and oxygen atoms in total. The highest BCUT2D eigenvalue weighted by Crippen LogP contribution is 2.30. The number of carbonyl (C=O) groups is 2. The lowest BCUT2D eigenvalue weighted by atomic mass is 9.94. The van der Waals surface area contributed by atoms with E-state index < -0.39 is 17.7 Å². The Labute approximate surface area is 223 Å². The fourth-order valence-corrected chi connectivity index (χ4v) is 4.62. The van der Waals surface area contributed by atoms with Gasteiger partial charge in [0.2, 0.25) is 5.91 Å². The first-order chi connectivity index (χ1) is 18.9. The van der Waals surface area contributed by atoms with Crippen LogP contribution in [0.1, 0.15) is 27.7 Å². The molecule has 5 aromatic rings. The van der Waals surface area contributed by atoms with Gasteiger partial charge in [0.15, 0.2) is 0 Å². The molecule has 0 spiro atoms. The highest BCUT2D eigenvalue weighted by atomic mass is 19.1. The Balaban J connectivity index is 1.51. The van der Waals surface area contributed by atoms with E-state index >= 15 is 0 Å². The van der Waals surface area contributed by atoms with E-state index in [9.17, 15) is 18.4 Å². The normalized spacial score (nSPS) is 11.8. The standard InChI is InChI=1S/C30H25F2N5O2/c1-33-30(39)21-7-4-6-20(15-21)24-8-5-11-34-29(24)26(14-19-12-22(31)16-23(32)13-19)36-28(38)17-37-18-35-25-9-2-3-10-27(25)37/h2-13,15-16,18,26H,14,17H2,1H3,(H,33,39)(H,36,38)/t26-/m0/s1. The quantitative estimate of drug-likeness (QED) is 0.304. The SMILES string of the molecule is CNC(=O)c1cccc(-c2cccnc2[C@H](Cc2cc(F)cc(F)c2)NC(=O)Cn2cnc3ccccc32)c1. The van der Waals surface area contributed by atoms with Crippen LogP contribution in [0.3, 0.4) is 0 Å². The number of hydrogen-bond acceptors (Lipinski definition) is 4. The monoisotopic (exact) mass is 525 g/mol. The third kappa shape index (κ3) is 5.82. The molecule has 0 aliphatic carbocycles. The Morgan fingerprint density at radius 3 is 2.51 bits per heavy atom. The summed E-state index contributed by atoms with van der Waals surface area (Å²) in [5.74, 6) is -1.98. The molecule has 0 unspecified atom stereocenters. The maximum Gasteiger partial charge on any atom is 0.251 e. The molecule has 0 radical (unpaired) electrons. The molecule has 0 saturated heterocycles. The van der Waals surface area contributed by atoms with Gasteiger partial charge in [-0.2, -0.15) is 0 Å². The van der Waals surface area contributed by atoms with Crippen LogP contribution in [-0.2, 0) is 17.8 Å². The lowest BCUT2D eigenvalue weighted by Gasteiger charge is -2.22. The fraction of sp³-hybridized carbons (Fsp3) is 0.133. The van der Waals surface area contributed by atoms with Gasteiger partial charge in [-0.3, -0.25) is 14.6 Å². The number of nitrogens with zero attached hydrogens (tertiary/aromatic N) is 3. The molecule has 2 N–H and O–H groups in total. The summed E-state index contributed by atoms with van der Waals surface area (Å²) in [5.41, 5.74) is 4.29.